The monoisotopic (exact) mass is 296 g/mol. The Hall–Kier alpha value is -1.01. The lowest BCUT2D eigenvalue weighted by Crippen LogP contribution is -2.16. The fourth-order valence-corrected chi connectivity index (χ4v) is 3.27. The van der Waals surface area contributed by atoms with Crippen molar-refractivity contribution < 1.29 is 0 Å². The number of hydrogen-bond acceptors (Lipinski definition) is 6. The molecule has 0 N–H and O–H groups in total. The van der Waals surface area contributed by atoms with Crippen molar-refractivity contribution in [3.05, 3.63) is 21.9 Å². The summed E-state index contributed by atoms with van der Waals surface area (Å²) in [5.74, 6) is 1.55. The lowest BCUT2D eigenvalue weighted by molar-refractivity contribution is 0.627. The van der Waals surface area contributed by atoms with Crippen molar-refractivity contribution in [3.63, 3.8) is 0 Å². The van der Waals surface area contributed by atoms with Crippen LogP contribution < -0.4 is 4.90 Å². The molecule has 0 saturated carbocycles. The van der Waals surface area contributed by atoms with E-state index in [0.717, 1.165) is 35.3 Å². The van der Waals surface area contributed by atoms with Crippen LogP contribution in [0.4, 0.5) is 5.13 Å². The second-order valence-corrected chi connectivity index (χ2v) is 6.95. The number of nitrogens with zero attached hydrogens (tertiary/aromatic N) is 4. The van der Waals surface area contributed by atoms with Crippen molar-refractivity contribution in [2.75, 3.05) is 11.9 Å². The normalized spacial score (nSPS) is 11.2. The Morgan fingerprint density at radius 1 is 1.37 bits per heavy atom. The first-order valence-electron chi connectivity index (χ1n) is 6.55. The third-order valence-corrected chi connectivity index (χ3v) is 4.69. The van der Waals surface area contributed by atoms with Gasteiger partial charge in [0.15, 0.2) is 0 Å². The van der Waals surface area contributed by atoms with Crippen LogP contribution in [0.1, 0.15) is 36.5 Å². The van der Waals surface area contributed by atoms with Gasteiger partial charge in [-0.25, -0.2) is 9.97 Å². The Morgan fingerprint density at radius 3 is 2.79 bits per heavy atom. The number of anilines is 1. The molecule has 0 aliphatic heterocycles. The van der Waals surface area contributed by atoms with E-state index in [9.17, 15) is 0 Å². The molecule has 0 unspecified atom stereocenters. The highest BCUT2D eigenvalue weighted by Gasteiger charge is 2.11. The molecule has 0 spiro atoms. The van der Waals surface area contributed by atoms with Gasteiger partial charge in [-0.05, 0) is 12.3 Å². The standard InChI is InChI=1S/C13H20N4S2/c1-5-10-7-14-12(18-10)8-17(4)13-15-11(16-19-13)6-9(2)3/h7,9H,5-6,8H2,1-4H3. The molecule has 0 aliphatic carbocycles. The lowest BCUT2D eigenvalue weighted by atomic mass is 10.1. The number of aryl methyl sites for hydroxylation is 1. The smallest absolute Gasteiger partial charge is 0.205 e. The topological polar surface area (TPSA) is 41.9 Å². The zero-order valence-corrected chi connectivity index (χ0v) is 13.5. The molecule has 0 radical (unpaired) electrons. The minimum absolute atomic E-state index is 0.596. The summed E-state index contributed by atoms with van der Waals surface area (Å²) in [6, 6.07) is 0. The van der Waals surface area contributed by atoms with Gasteiger partial charge in [0.1, 0.15) is 10.8 Å². The van der Waals surface area contributed by atoms with Crippen LogP contribution in [0.25, 0.3) is 0 Å². The SMILES string of the molecule is CCc1cnc(CN(C)c2nc(CC(C)C)ns2)s1. The van der Waals surface area contributed by atoms with E-state index < -0.39 is 0 Å². The predicted octanol–water partition coefficient (Wildman–Crippen LogP) is 3.39. The van der Waals surface area contributed by atoms with Crippen LogP contribution in [0.3, 0.4) is 0 Å². The molecule has 2 heterocycles. The van der Waals surface area contributed by atoms with Gasteiger partial charge in [0.25, 0.3) is 0 Å². The minimum atomic E-state index is 0.596. The molecule has 0 fully saturated rings. The quantitative estimate of drug-likeness (QED) is 0.819. The van der Waals surface area contributed by atoms with Gasteiger partial charge in [0.05, 0.1) is 6.54 Å². The van der Waals surface area contributed by atoms with E-state index in [1.807, 2.05) is 13.2 Å². The van der Waals surface area contributed by atoms with Crippen molar-refractivity contribution in [1.82, 2.24) is 14.3 Å². The zero-order chi connectivity index (χ0) is 13.8. The average Bonchev–Trinajstić information content (AvgIpc) is 2.97. The Balaban J connectivity index is 1.99. The van der Waals surface area contributed by atoms with Crippen molar-refractivity contribution in [2.24, 2.45) is 5.92 Å². The van der Waals surface area contributed by atoms with Gasteiger partial charge >= 0.3 is 0 Å². The lowest BCUT2D eigenvalue weighted by Gasteiger charge is -2.12. The summed E-state index contributed by atoms with van der Waals surface area (Å²) in [6.45, 7) is 7.34. The van der Waals surface area contributed by atoms with Crippen LogP contribution in [0.5, 0.6) is 0 Å². The summed E-state index contributed by atoms with van der Waals surface area (Å²) >= 11 is 3.25. The third kappa shape index (κ3) is 3.98. The van der Waals surface area contributed by atoms with Crippen LogP contribution >= 0.6 is 22.9 Å². The Labute approximate surface area is 122 Å². The van der Waals surface area contributed by atoms with Gasteiger partial charge in [-0.2, -0.15) is 4.37 Å². The van der Waals surface area contributed by atoms with E-state index in [2.05, 4.69) is 40.0 Å². The van der Waals surface area contributed by atoms with Gasteiger partial charge in [-0.1, -0.05) is 20.8 Å². The highest BCUT2D eigenvalue weighted by atomic mass is 32.1. The van der Waals surface area contributed by atoms with E-state index in [4.69, 9.17) is 0 Å². The summed E-state index contributed by atoms with van der Waals surface area (Å²) in [5.41, 5.74) is 0. The highest BCUT2D eigenvalue weighted by Crippen LogP contribution is 2.21. The summed E-state index contributed by atoms with van der Waals surface area (Å²) in [4.78, 5) is 12.5. The molecular formula is C13H20N4S2. The molecule has 4 nitrogen and oxygen atoms in total. The summed E-state index contributed by atoms with van der Waals surface area (Å²) in [6.07, 6.45) is 3.97. The molecule has 0 atom stereocenters. The molecule has 0 aliphatic rings. The Bertz CT molecular complexity index is 518. The predicted molar refractivity (Wildman–Crippen MR) is 82.1 cm³/mol. The van der Waals surface area contributed by atoms with Gasteiger partial charge in [-0.15, -0.1) is 11.3 Å². The van der Waals surface area contributed by atoms with Crippen LogP contribution in [0.2, 0.25) is 0 Å². The third-order valence-electron chi connectivity index (χ3n) is 2.70. The molecule has 2 rings (SSSR count). The minimum Gasteiger partial charge on any atom is -0.343 e. The fourth-order valence-electron chi connectivity index (χ4n) is 1.70. The zero-order valence-electron chi connectivity index (χ0n) is 11.9. The molecule has 104 valence electrons. The largest absolute Gasteiger partial charge is 0.343 e. The maximum absolute atomic E-state index is 4.58. The molecule has 6 heteroatoms. The van der Waals surface area contributed by atoms with E-state index >= 15 is 0 Å². The van der Waals surface area contributed by atoms with E-state index in [0.29, 0.717) is 5.92 Å². The van der Waals surface area contributed by atoms with Crippen LogP contribution in [0.15, 0.2) is 6.20 Å². The van der Waals surface area contributed by atoms with E-state index in [-0.39, 0.29) is 0 Å². The van der Waals surface area contributed by atoms with Crippen molar-refractivity contribution >= 4 is 28.0 Å². The first kappa shape index (κ1) is 14.4. The fraction of sp³-hybridized carbons (Fsp3) is 0.615. The second-order valence-electron chi connectivity index (χ2n) is 5.02. The van der Waals surface area contributed by atoms with E-state index in [1.165, 1.54) is 16.4 Å². The van der Waals surface area contributed by atoms with Crippen molar-refractivity contribution in [1.29, 1.82) is 0 Å². The number of rotatable bonds is 6. The van der Waals surface area contributed by atoms with Gasteiger partial charge in [0.2, 0.25) is 5.13 Å². The maximum Gasteiger partial charge on any atom is 0.205 e. The molecule has 2 aromatic rings. The second kappa shape index (κ2) is 6.43. The number of hydrogen-bond donors (Lipinski definition) is 0. The van der Waals surface area contributed by atoms with E-state index in [1.54, 1.807) is 11.3 Å². The van der Waals surface area contributed by atoms with Crippen molar-refractivity contribution in [3.8, 4) is 0 Å². The first-order chi connectivity index (χ1) is 9.08. The van der Waals surface area contributed by atoms with Gasteiger partial charge < -0.3 is 4.90 Å². The molecule has 0 aromatic carbocycles. The molecule has 0 saturated heterocycles. The molecule has 19 heavy (non-hydrogen) atoms. The molecule has 0 amide bonds. The average molecular weight is 296 g/mol. The van der Waals surface area contributed by atoms with Gasteiger partial charge in [-0.3, -0.25) is 0 Å². The summed E-state index contributed by atoms with van der Waals surface area (Å²) in [7, 11) is 2.05. The van der Waals surface area contributed by atoms with Crippen LogP contribution in [0, 0.1) is 5.92 Å². The highest BCUT2D eigenvalue weighted by molar-refractivity contribution is 7.11. The number of aromatic nitrogens is 3. The molecule has 0 bridgehead atoms. The van der Waals surface area contributed by atoms with Gasteiger partial charge in [0, 0.05) is 36.1 Å². The van der Waals surface area contributed by atoms with Crippen LogP contribution in [-0.2, 0) is 19.4 Å². The Kier molecular flexibility index (Phi) is 4.87. The first-order valence-corrected chi connectivity index (χ1v) is 8.14. The Morgan fingerprint density at radius 2 is 2.16 bits per heavy atom. The molecule has 2 aromatic heterocycles. The maximum atomic E-state index is 4.58. The van der Waals surface area contributed by atoms with Crippen LogP contribution in [-0.4, -0.2) is 21.4 Å². The summed E-state index contributed by atoms with van der Waals surface area (Å²) in [5, 5.41) is 2.11. The van der Waals surface area contributed by atoms with Crippen molar-refractivity contribution in [2.45, 2.75) is 40.2 Å². The molecular weight excluding hydrogens is 276 g/mol. The summed E-state index contributed by atoms with van der Waals surface area (Å²) < 4.78 is 4.41. The number of thiazole rings is 1.